The molecule has 1 aromatic carbocycles. The smallest absolute Gasteiger partial charge is 0.0116 e. The molecule has 0 aliphatic heterocycles. The van der Waals surface area contributed by atoms with Crippen LogP contribution < -0.4 is 0 Å². The SMILES string of the molecule is Cc1[c-]cc(F)c(C)c1.[Y].[Y].[Y]. The Balaban J connectivity index is -0.000000270. The molecule has 57 valence electrons. The predicted molar refractivity (Wildman–Crippen MR) is 34.7 cm³/mol. The molecule has 0 aromatic heterocycles. The van der Waals surface area contributed by atoms with Crippen LogP contribution in [0.2, 0.25) is 0 Å². The van der Waals surface area contributed by atoms with E-state index in [0.717, 1.165) is 5.56 Å². The monoisotopic (exact) mass is 390 g/mol. The van der Waals surface area contributed by atoms with E-state index in [9.17, 15) is 4.39 Å². The first-order chi connectivity index (χ1) is 4.20. The average molecular weight is 390 g/mol. The molecule has 0 saturated heterocycles. The molecule has 4 heteroatoms. The third-order valence-electron chi connectivity index (χ3n) is 1.24. The molecule has 12 heavy (non-hydrogen) atoms. The maximum absolute atomic E-state index is 12.5. The summed E-state index contributed by atoms with van der Waals surface area (Å²) in [6.07, 6.45) is 0. The predicted octanol–water partition coefficient (Wildman–Crippen LogP) is 2.24. The topological polar surface area (TPSA) is 0 Å². The van der Waals surface area contributed by atoms with Gasteiger partial charge in [0.1, 0.15) is 0 Å². The van der Waals surface area contributed by atoms with E-state index in [1.54, 1.807) is 13.0 Å². The number of hydrogen-bond acceptors (Lipinski definition) is 0. The summed E-state index contributed by atoms with van der Waals surface area (Å²) in [5.74, 6) is -0.180. The van der Waals surface area contributed by atoms with E-state index in [-0.39, 0.29) is 104 Å². The van der Waals surface area contributed by atoms with Gasteiger partial charge in [-0.1, -0.05) is 13.8 Å². The second-order valence-corrected chi connectivity index (χ2v) is 2.15. The molecule has 0 spiro atoms. The molecule has 0 heterocycles. The zero-order chi connectivity index (χ0) is 6.85. The van der Waals surface area contributed by atoms with Crippen LogP contribution in [-0.4, -0.2) is 0 Å². The zero-order valence-corrected chi connectivity index (χ0v) is 15.8. The summed E-state index contributed by atoms with van der Waals surface area (Å²) >= 11 is 0. The molecule has 0 bridgehead atoms. The minimum atomic E-state index is -0.180. The van der Waals surface area contributed by atoms with Gasteiger partial charge in [-0.3, -0.25) is 4.39 Å². The van der Waals surface area contributed by atoms with Crippen molar-refractivity contribution < 1.29 is 103 Å². The van der Waals surface area contributed by atoms with Gasteiger partial charge < -0.3 is 0 Å². The fourth-order valence-corrected chi connectivity index (χ4v) is 0.726. The van der Waals surface area contributed by atoms with Crippen LogP contribution in [0.3, 0.4) is 0 Å². The summed E-state index contributed by atoms with van der Waals surface area (Å²) in [5.41, 5.74) is 1.67. The van der Waals surface area contributed by atoms with Gasteiger partial charge in [-0.2, -0.15) is 17.7 Å². The van der Waals surface area contributed by atoms with Gasteiger partial charge in [-0.15, -0.1) is 11.6 Å². The van der Waals surface area contributed by atoms with Crippen molar-refractivity contribution in [1.29, 1.82) is 0 Å². The largest absolute Gasteiger partial charge is 0.284 e. The fraction of sp³-hybridized carbons (Fsp3) is 0.250. The van der Waals surface area contributed by atoms with Gasteiger partial charge in [-0.05, 0) is 0 Å². The van der Waals surface area contributed by atoms with Crippen LogP contribution in [0, 0.1) is 25.7 Å². The van der Waals surface area contributed by atoms with Crippen LogP contribution in [0.5, 0.6) is 0 Å². The molecular weight excluding hydrogens is 382 g/mol. The Kier molecular flexibility index (Phi) is 16.6. The summed E-state index contributed by atoms with van der Waals surface area (Å²) in [6.45, 7) is 3.64. The first-order valence-electron chi connectivity index (χ1n) is 2.84. The standard InChI is InChI=1S/C8H8F.3Y/c1-6-3-4-8(9)7(2)5-6;;;/h4-5H,1-2H3;;;/q-1;;;. The molecule has 0 saturated carbocycles. The van der Waals surface area contributed by atoms with Crippen LogP contribution in [-0.2, 0) is 98.1 Å². The molecule has 0 aliphatic rings. The summed E-state index contributed by atoms with van der Waals surface area (Å²) in [4.78, 5) is 0. The van der Waals surface area contributed by atoms with E-state index in [4.69, 9.17) is 0 Å². The van der Waals surface area contributed by atoms with Crippen molar-refractivity contribution in [2.45, 2.75) is 13.8 Å². The average Bonchev–Trinajstić information content (AvgIpc) is 1.80. The van der Waals surface area contributed by atoms with Crippen LogP contribution >= 0.6 is 0 Å². The number of halogens is 1. The van der Waals surface area contributed by atoms with Crippen molar-refractivity contribution in [3.63, 3.8) is 0 Å². The van der Waals surface area contributed by atoms with Gasteiger partial charge in [0, 0.05) is 104 Å². The van der Waals surface area contributed by atoms with Crippen molar-refractivity contribution in [1.82, 2.24) is 0 Å². The third-order valence-corrected chi connectivity index (χ3v) is 1.24. The zero-order valence-electron chi connectivity index (χ0n) is 7.26. The second kappa shape index (κ2) is 10.00. The molecule has 0 nitrogen and oxygen atoms in total. The minimum Gasteiger partial charge on any atom is -0.284 e. The van der Waals surface area contributed by atoms with Crippen molar-refractivity contribution in [2.24, 2.45) is 0 Å². The number of hydrogen-bond donors (Lipinski definition) is 0. The van der Waals surface area contributed by atoms with E-state index >= 15 is 0 Å². The van der Waals surface area contributed by atoms with E-state index in [1.807, 2.05) is 6.92 Å². The number of rotatable bonds is 0. The Morgan fingerprint density at radius 1 is 1.17 bits per heavy atom. The first-order valence-corrected chi connectivity index (χ1v) is 2.84. The van der Waals surface area contributed by atoms with Gasteiger partial charge in [0.15, 0.2) is 0 Å². The molecule has 0 aliphatic carbocycles. The van der Waals surface area contributed by atoms with Gasteiger partial charge in [0.2, 0.25) is 0 Å². The number of aryl methyl sites for hydroxylation is 2. The summed E-state index contributed by atoms with van der Waals surface area (Å²) < 4.78 is 12.5. The van der Waals surface area contributed by atoms with Crippen LogP contribution in [0.1, 0.15) is 11.1 Å². The molecule has 1 rings (SSSR count). The van der Waals surface area contributed by atoms with Gasteiger partial charge in [-0.25, -0.2) is 0 Å². The Bertz CT molecular complexity index is 226. The first kappa shape index (κ1) is 19.9. The van der Waals surface area contributed by atoms with Crippen molar-refractivity contribution in [3.05, 3.63) is 35.1 Å². The number of benzene rings is 1. The van der Waals surface area contributed by atoms with E-state index in [1.165, 1.54) is 6.07 Å². The molecule has 0 unspecified atom stereocenters. The Morgan fingerprint density at radius 2 is 1.67 bits per heavy atom. The van der Waals surface area contributed by atoms with E-state index < -0.39 is 0 Å². The Hall–Kier alpha value is 2.46. The van der Waals surface area contributed by atoms with Gasteiger partial charge >= 0.3 is 0 Å². The molecule has 1 aromatic rings. The minimum absolute atomic E-state index is 0. The van der Waals surface area contributed by atoms with Crippen molar-refractivity contribution in [3.8, 4) is 0 Å². The third kappa shape index (κ3) is 6.85. The molecule has 0 amide bonds. The van der Waals surface area contributed by atoms with Crippen molar-refractivity contribution >= 4 is 0 Å². The molecule has 0 N–H and O–H groups in total. The van der Waals surface area contributed by atoms with Gasteiger partial charge in [0.25, 0.3) is 0 Å². The molecular formula is C8H8FY3-. The quantitative estimate of drug-likeness (QED) is 0.597. The summed E-state index contributed by atoms with van der Waals surface area (Å²) in [7, 11) is 0. The Labute approximate surface area is 148 Å². The van der Waals surface area contributed by atoms with Crippen LogP contribution in [0.25, 0.3) is 0 Å². The second-order valence-electron chi connectivity index (χ2n) is 2.15. The Morgan fingerprint density at radius 3 is 2.00 bits per heavy atom. The van der Waals surface area contributed by atoms with Crippen molar-refractivity contribution in [2.75, 3.05) is 0 Å². The molecule has 3 radical (unpaired) electrons. The molecule has 0 fully saturated rings. The maximum atomic E-state index is 12.5. The van der Waals surface area contributed by atoms with Gasteiger partial charge in [0.05, 0.1) is 0 Å². The summed E-state index contributed by atoms with van der Waals surface area (Å²) in [5, 5.41) is 0. The normalized spacial score (nSPS) is 7.25. The maximum Gasteiger partial charge on any atom is 0.0116 e. The molecule has 0 atom stereocenters. The van der Waals surface area contributed by atoms with E-state index in [2.05, 4.69) is 6.07 Å². The van der Waals surface area contributed by atoms with Crippen LogP contribution in [0.15, 0.2) is 12.1 Å². The fourth-order valence-electron chi connectivity index (χ4n) is 0.726. The summed E-state index contributed by atoms with van der Waals surface area (Å²) in [6, 6.07) is 5.90. The van der Waals surface area contributed by atoms with Crippen LogP contribution in [0.4, 0.5) is 4.39 Å². The van der Waals surface area contributed by atoms with E-state index in [0.29, 0.717) is 5.56 Å².